The summed E-state index contributed by atoms with van der Waals surface area (Å²) in [5.41, 5.74) is 2.52. The highest BCUT2D eigenvalue weighted by molar-refractivity contribution is 5.45. The van der Waals surface area contributed by atoms with Crippen LogP contribution >= 0.6 is 0 Å². The minimum atomic E-state index is 0.676. The number of anilines is 1. The smallest absolute Gasteiger partial charge is 0.0555 e. The van der Waals surface area contributed by atoms with Crippen molar-refractivity contribution in [1.29, 1.82) is 0 Å². The summed E-state index contributed by atoms with van der Waals surface area (Å²) in [6.45, 7) is 7.77. The van der Waals surface area contributed by atoms with Gasteiger partial charge in [-0.1, -0.05) is 6.92 Å². The van der Waals surface area contributed by atoms with E-state index in [1.54, 1.807) is 0 Å². The van der Waals surface area contributed by atoms with Crippen LogP contribution in [0.15, 0.2) is 18.5 Å². The largest absolute Gasteiger partial charge is 0.370 e. The lowest BCUT2D eigenvalue weighted by Crippen LogP contribution is -2.39. The minimum absolute atomic E-state index is 0.676. The lowest BCUT2D eigenvalue weighted by molar-refractivity contribution is 0.439. The molecule has 0 amide bonds. The maximum Gasteiger partial charge on any atom is 0.0555 e. The summed E-state index contributed by atoms with van der Waals surface area (Å²) < 4.78 is 0. The normalized spacial score (nSPS) is 22.0. The van der Waals surface area contributed by atoms with Gasteiger partial charge in [-0.25, -0.2) is 0 Å². The summed E-state index contributed by atoms with van der Waals surface area (Å²) >= 11 is 0. The van der Waals surface area contributed by atoms with Gasteiger partial charge in [0.05, 0.1) is 11.9 Å². The van der Waals surface area contributed by atoms with E-state index in [1.807, 2.05) is 12.4 Å². The highest BCUT2D eigenvalue weighted by Gasteiger charge is 2.14. The van der Waals surface area contributed by atoms with Crippen molar-refractivity contribution in [2.45, 2.75) is 39.2 Å². The summed E-state index contributed by atoms with van der Waals surface area (Å²) in [5.74, 6) is 0. The molecule has 1 aromatic heterocycles. The number of pyridine rings is 1. The monoisotopic (exact) mass is 233 g/mol. The van der Waals surface area contributed by atoms with Crippen LogP contribution in [-0.2, 0) is 0 Å². The van der Waals surface area contributed by atoms with E-state index in [0.717, 1.165) is 19.6 Å². The second kappa shape index (κ2) is 6.01. The van der Waals surface area contributed by atoms with E-state index in [9.17, 15) is 0 Å². The van der Waals surface area contributed by atoms with Crippen LogP contribution in [-0.4, -0.2) is 30.7 Å². The van der Waals surface area contributed by atoms with Gasteiger partial charge in [0.1, 0.15) is 0 Å². The fourth-order valence-electron chi connectivity index (χ4n) is 2.42. The van der Waals surface area contributed by atoms with Crippen molar-refractivity contribution in [3.63, 3.8) is 0 Å². The zero-order valence-corrected chi connectivity index (χ0v) is 10.9. The average molecular weight is 233 g/mol. The Bertz CT molecular complexity index is 351. The van der Waals surface area contributed by atoms with Crippen LogP contribution in [0.25, 0.3) is 0 Å². The van der Waals surface area contributed by atoms with Crippen LogP contribution in [0.3, 0.4) is 0 Å². The van der Waals surface area contributed by atoms with Gasteiger partial charge >= 0.3 is 0 Å². The Morgan fingerprint density at radius 3 is 3.06 bits per heavy atom. The second-order valence-corrected chi connectivity index (χ2v) is 4.91. The van der Waals surface area contributed by atoms with Crippen LogP contribution in [0.2, 0.25) is 0 Å². The highest BCUT2D eigenvalue weighted by Crippen LogP contribution is 2.17. The molecule has 0 bridgehead atoms. The van der Waals surface area contributed by atoms with E-state index in [0.29, 0.717) is 6.04 Å². The van der Waals surface area contributed by atoms with E-state index >= 15 is 0 Å². The minimum Gasteiger partial charge on any atom is -0.370 e. The van der Waals surface area contributed by atoms with Crippen molar-refractivity contribution in [3.05, 3.63) is 24.0 Å². The lowest BCUT2D eigenvalue weighted by Gasteiger charge is -2.30. The molecule has 1 unspecified atom stereocenters. The third-order valence-corrected chi connectivity index (χ3v) is 3.50. The summed E-state index contributed by atoms with van der Waals surface area (Å²) in [6.07, 6.45) is 7.57. The van der Waals surface area contributed by atoms with Gasteiger partial charge in [-0.3, -0.25) is 4.98 Å². The summed E-state index contributed by atoms with van der Waals surface area (Å²) in [6, 6.07) is 2.92. The van der Waals surface area contributed by atoms with E-state index in [2.05, 4.69) is 35.1 Å². The molecule has 0 aromatic carbocycles. The van der Waals surface area contributed by atoms with E-state index < -0.39 is 0 Å². The zero-order chi connectivity index (χ0) is 12.1. The molecule has 1 atom stereocenters. The molecule has 17 heavy (non-hydrogen) atoms. The molecule has 0 aliphatic carbocycles. The van der Waals surface area contributed by atoms with Crippen LogP contribution in [0.1, 0.15) is 31.7 Å². The van der Waals surface area contributed by atoms with E-state index in [-0.39, 0.29) is 0 Å². The van der Waals surface area contributed by atoms with Crippen molar-refractivity contribution >= 4 is 5.69 Å². The molecule has 94 valence electrons. The molecule has 2 rings (SSSR count). The molecule has 1 aromatic rings. The zero-order valence-electron chi connectivity index (χ0n) is 10.9. The predicted octanol–water partition coefficient (Wildman–Crippen LogP) is 2.36. The van der Waals surface area contributed by atoms with Crippen molar-refractivity contribution in [3.8, 4) is 0 Å². The molecule has 0 saturated carbocycles. The predicted molar refractivity (Wildman–Crippen MR) is 72.5 cm³/mol. The Labute approximate surface area is 104 Å². The quantitative estimate of drug-likeness (QED) is 0.850. The fourth-order valence-corrected chi connectivity index (χ4v) is 2.42. The molecule has 1 saturated heterocycles. The van der Waals surface area contributed by atoms with Crippen molar-refractivity contribution in [2.24, 2.45) is 0 Å². The van der Waals surface area contributed by atoms with Crippen molar-refractivity contribution in [1.82, 2.24) is 10.3 Å². The van der Waals surface area contributed by atoms with Crippen LogP contribution in [0.4, 0.5) is 5.69 Å². The molecule has 1 aliphatic heterocycles. The Balaban J connectivity index is 2.04. The Kier molecular flexibility index (Phi) is 4.37. The highest BCUT2D eigenvalue weighted by atomic mass is 15.1. The van der Waals surface area contributed by atoms with Gasteiger partial charge in [0.15, 0.2) is 0 Å². The van der Waals surface area contributed by atoms with Gasteiger partial charge in [0.25, 0.3) is 0 Å². The fraction of sp³-hybridized carbons (Fsp3) is 0.643. The molecule has 1 N–H and O–H groups in total. The number of nitrogens with one attached hydrogen (secondary N) is 1. The first-order chi connectivity index (χ1) is 8.29. The molecule has 0 radical (unpaired) electrons. The standard InChI is InChI=1S/C14H23N3/c1-3-13-5-8-17(7-4-6-16-13)14-9-12(2)10-15-11-14/h9-11,13,16H,3-8H2,1-2H3. The lowest BCUT2D eigenvalue weighted by atomic mass is 10.1. The molecular weight excluding hydrogens is 210 g/mol. The van der Waals surface area contributed by atoms with Gasteiger partial charge in [-0.2, -0.15) is 0 Å². The number of aromatic nitrogens is 1. The second-order valence-electron chi connectivity index (χ2n) is 4.91. The number of hydrogen-bond donors (Lipinski definition) is 1. The van der Waals surface area contributed by atoms with Crippen molar-refractivity contribution < 1.29 is 0 Å². The topological polar surface area (TPSA) is 28.2 Å². The van der Waals surface area contributed by atoms with Gasteiger partial charge in [-0.15, -0.1) is 0 Å². The molecule has 3 heteroatoms. The third kappa shape index (κ3) is 3.43. The van der Waals surface area contributed by atoms with Gasteiger partial charge in [0.2, 0.25) is 0 Å². The average Bonchev–Trinajstić information content (AvgIpc) is 2.29. The Morgan fingerprint density at radius 1 is 1.41 bits per heavy atom. The maximum atomic E-state index is 4.30. The van der Waals surface area contributed by atoms with E-state index in [4.69, 9.17) is 0 Å². The molecule has 2 heterocycles. The Morgan fingerprint density at radius 2 is 2.29 bits per heavy atom. The summed E-state index contributed by atoms with van der Waals surface area (Å²) in [4.78, 5) is 6.77. The molecule has 3 nitrogen and oxygen atoms in total. The first kappa shape index (κ1) is 12.4. The first-order valence-corrected chi connectivity index (χ1v) is 6.69. The Hall–Kier alpha value is -1.09. The molecule has 0 spiro atoms. The molecule has 1 aliphatic rings. The van der Waals surface area contributed by atoms with Gasteiger partial charge < -0.3 is 10.2 Å². The van der Waals surface area contributed by atoms with Crippen molar-refractivity contribution in [2.75, 3.05) is 24.5 Å². The van der Waals surface area contributed by atoms with Crippen LogP contribution in [0, 0.1) is 6.92 Å². The van der Waals surface area contributed by atoms with Gasteiger partial charge in [0, 0.05) is 25.3 Å². The third-order valence-electron chi connectivity index (χ3n) is 3.50. The number of hydrogen-bond acceptors (Lipinski definition) is 3. The molecule has 1 fully saturated rings. The molecular formula is C14H23N3. The van der Waals surface area contributed by atoms with Crippen LogP contribution < -0.4 is 10.2 Å². The SMILES string of the molecule is CCC1CCN(c2cncc(C)c2)CCCN1. The maximum absolute atomic E-state index is 4.30. The van der Waals surface area contributed by atoms with Crippen LogP contribution in [0.5, 0.6) is 0 Å². The summed E-state index contributed by atoms with van der Waals surface area (Å²) in [5, 5.41) is 3.61. The number of rotatable bonds is 2. The summed E-state index contributed by atoms with van der Waals surface area (Å²) in [7, 11) is 0. The first-order valence-electron chi connectivity index (χ1n) is 6.69. The number of nitrogens with zero attached hydrogens (tertiary/aromatic N) is 2. The number of aryl methyl sites for hydroxylation is 1. The van der Waals surface area contributed by atoms with E-state index in [1.165, 1.54) is 30.5 Å². The van der Waals surface area contributed by atoms with Gasteiger partial charge in [-0.05, 0) is 44.4 Å².